The molecule has 0 unspecified atom stereocenters. The number of rotatable bonds is 6. The summed E-state index contributed by atoms with van der Waals surface area (Å²) in [5.74, 6) is 0.521. The van der Waals surface area contributed by atoms with E-state index >= 15 is 0 Å². The first-order valence-electron chi connectivity index (χ1n) is 12.9. The summed E-state index contributed by atoms with van der Waals surface area (Å²) in [6, 6.07) is 12.0. The number of amides is 2. The molecule has 2 aromatic carbocycles. The molecule has 2 amide bonds. The molecule has 0 aliphatic carbocycles. The lowest BCUT2D eigenvalue weighted by Crippen LogP contribution is -2.42. The number of ether oxygens (including phenoxy) is 2. The van der Waals surface area contributed by atoms with Crippen molar-refractivity contribution in [3.8, 4) is 39.8 Å². The normalized spacial score (nSPS) is 12.4. The molecule has 0 saturated heterocycles. The number of thioether (sulfide) groups is 1. The Labute approximate surface area is 257 Å². The van der Waals surface area contributed by atoms with Gasteiger partial charge in [0.05, 0.1) is 36.2 Å². The Morgan fingerprint density at radius 2 is 1.69 bits per heavy atom. The zero-order chi connectivity index (χ0) is 30.5. The second-order valence-corrected chi connectivity index (χ2v) is 12.6. The van der Waals surface area contributed by atoms with E-state index in [2.05, 4.69) is 4.98 Å². The van der Waals surface area contributed by atoms with Gasteiger partial charge in [0.25, 0.3) is 5.91 Å². The van der Waals surface area contributed by atoms with Gasteiger partial charge in [0.2, 0.25) is 11.8 Å². The Hall–Kier alpha value is -3.73. The summed E-state index contributed by atoms with van der Waals surface area (Å²) in [5, 5.41) is 5.71. The summed E-state index contributed by atoms with van der Waals surface area (Å²) in [4.78, 5) is 32.9. The lowest BCUT2D eigenvalue weighted by molar-refractivity contribution is 0.0645. The molecule has 42 heavy (non-hydrogen) atoms. The third kappa shape index (κ3) is 5.42. The van der Waals surface area contributed by atoms with Crippen LogP contribution in [0, 0.1) is 0 Å². The van der Waals surface area contributed by atoms with Crippen LogP contribution in [0.15, 0.2) is 47.4 Å². The maximum absolute atomic E-state index is 13.8. The Morgan fingerprint density at radius 3 is 2.29 bits per heavy atom. The molecule has 218 valence electrons. The van der Waals surface area contributed by atoms with Crippen molar-refractivity contribution in [3.05, 3.63) is 69.3 Å². The Kier molecular flexibility index (Phi) is 7.91. The molecular weight excluding hydrogens is 597 g/mol. The van der Waals surface area contributed by atoms with E-state index in [0.29, 0.717) is 49.9 Å². The minimum Gasteiger partial charge on any atom is -0.496 e. The van der Waals surface area contributed by atoms with E-state index in [9.17, 15) is 9.59 Å². The van der Waals surface area contributed by atoms with Crippen LogP contribution < -0.4 is 15.2 Å². The van der Waals surface area contributed by atoms with E-state index in [1.807, 2.05) is 32.9 Å². The van der Waals surface area contributed by atoms with E-state index in [1.165, 1.54) is 24.9 Å². The van der Waals surface area contributed by atoms with Gasteiger partial charge in [-0.3, -0.25) is 9.59 Å². The number of carbonyl (C=O) groups is 2. The maximum atomic E-state index is 13.8. The van der Waals surface area contributed by atoms with E-state index in [4.69, 9.17) is 43.5 Å². The zero-order valence-electron chi connectivity index (χ0n) is 23.9. The number of aromatic nitrogens is 3. The Morgan fingerprint density at radius 1 is 1.00 bits per heavy atom. The Bertz CT molecular complexity index is 1730. The molecule has 5 rings (SSSR count). The molecule has 1 aliphatic heterocycles. The van der Waals surface area contributed by atoms with Crippen LogP contribution in [-0.4, -0.2) is 58.3 Å². The third-order valence-electron chi connectivity index (χ3n) is 7.07. The van der Waals surface area contributed by atoms with Gasteiger partial charge >= 0.3 is 0 Å². The molecule has 2 N–H and O–H groups in total. The van der Waals surface area contributed by atoms with Gasteiger partial charge in [-0.25, -0.2) is 9.67 Å². The second-order valence-electron chi connectivity index (χ2n) is 10.7. The number of hydrogen-bond donors (Lipinski definition) is 1. The molecule has 1 aliphatic rings. The number of methoxy groups -OCH3 is 2. The smallest absolute Gasteiger partial charge is 0.275 e. The minimum absolute atomic E-state index is 0.212. The SMILES string of the molecule is COc1cc(C(N)=O)cc(-c2cc3c(cc2OC)CSc2c(C(=O)N(C)C(C)(C)C)nn(-c4cc(Cl)cc(Cl)c4)c2-3)n1. The van der Waals surface area contributed by atoms with Crippen LogP contribution in [0.2, 0.25) is 10.0 Å². The van der Waals surface area contributed by atoms with Gasteiger partial charge < -0.3 is 20.1 Å². The number of benzene rings is 2. The van der Waals surface area contributed by atoms with Gasteiger partial charge in [-0.1, -0.05) is 23.2 Å². The first-order valence-corrected chi connectivity index (χ1v) is 14.6. The fraction of sp³-hybridized carbons (Fsp3) is 0.267. The highest BCUT2D eigenvalue weighted by molar-refractivity contribution is 7.98. The van der Waals surface area contributed by atoms with Crippen LogP contribution in [0.4, 0.5) is 0 Å². The van der Waals surface area contributed by atoms with E-state index in [0.717, 1.165) is 16.0 Å². The van der Waals surface area contributed by atoms with Gasteiger partial charge in [-0.2, -0.15) is 5.10 Å². The number of hydrogen-bond acceptors (Lipinski definition) is 7. The number of pyridine rings is 1. The van der Waals surface area contributed by atoms with Crippen LogP contribution >= 0.6 is 35.0 Å². The van der Waals surface area contributed by atoms with E-state index in [1.54, 1.807) is 48.0 Å². The number of carbonyl (C=O) groups excluding carboxylic acids is 2. The number of nitrogens with two attached hydrogens (primary N) is 1. The standard InChI is InChI=1S/C30H29Cl2N5O4S/c1-30(2,3)36(4)29(39)25-27-26(37(35-25)19-11-17(31)10-18(32)12-19)20-13-21(23(40-5)8-16(20)14-42-27)22-7-15(28(33)38)9-24(34-22)41-6/h7-13H,14H2,1-6H3,(H2,33,38). The molecule has 0 atom stereocenters. The maximum Gasteiger partial charge on any atom is 0.275 e. The molecule has 0 fully saturated rings. The number of halogens is 2. The zero-order valence-corrected chi connectivity index (χ0v) is 26.2. The number of primary amides is 1. The van der Waals surface area contributed by atoms with Crippen LogP contribution in [-0.2, 0) is 5.75 Å². The number of fused-ring (bicyclic) bond motifs is 3. The van der Waals surface area contributed by atoms with Crippen molar-refractivity contribution < 1.29 is 19.1 Å². The van der Waals surface area contributed by atoms with Crippen molar-refractivity contribution in [1.82, 2.24) is 19.7 Å². The molecule has 0 spiro atoms. The Balaban J connectivity index is 1.81. The second kappa shape index (κ2) is 11.2. The highest BCUT2D eigenvalue weighted by atomic mass is 35.5. The monoisotopic (exact) mass is 625 g/mol. The minimum atomic E-state index is -0.616. The summed E-state index contributed by atoms with van der Waals surface area (Å²) in [7, 11) is 4.80. The first kappa shape index (κ1) is 29.8. The lowest BCUT2D eigenvalue weighted by Gasteiger charge is -2.31. The predicted molar refractivity (Wildman–Crippen MR) is 165 cm³/mol. The highest BCUT2D eigenvalue weighted by Gasteiger charge is 2.34. The predicted octanol–water partition coefficient (Wildman–Crippen LogP) is 6.50. The van der Waals surface area contributed by atoms with Crippen molar-refractivity contribution in [2.24, 2.45) is 5.73 Å². The summed E-state index contributed by atoms with van der Waals surface area (Å²) < 4.78 is 12.8. The summed E-state index contributed by atoms with van der Waals surface area (Å²) in [5.41, 5.74) is 9.84. The lowest BCUT2D eigenvalue weighted by atomic mass is 9.97. The molecule has 0 bridgehead atoms. The average molecular weight is 627 g/mol. The number of nitrogens with zero attached hydrogens (tertiary/aromatic N) is 4. The highest BCUT2D eigenvalue weighted by Crippen LogP contribution is 2.48. The molecule has 0 radical (unpaired) electrons. The molecule has 4 aromatic rings. The van der Waals surface area contributed by atoms with Crippen molar-refractivity contribution in [3.63, 3.8) is 0 Å². The van der Waals surface area contributed by atoms with Crippen molar-refractivity contribution in [1.29, 1.82) is 0 Å². The molecule has 3 heterocycles. The van der Waals surface area contributed by atoms with Crippen LogP contribution in [0.3, 0.4) is 0 Å². The summed E-state index contributed by atoms with van der Waals surface area (Å²) >= 11 is 14.3. The quantitative estimate of drug-likeness (QED) is 0.260. The van der Waals surface area contributed by atoms with Crippen molar-refractivity contribution in [2.45, 2.75) is 37.0 Å². The van der Waals surface area contributed by atoms with Gasteiger partial charge in [0.1, 0.15) is 5.75 Å². The molecule has 12 heteroatoms. The average Bonchev–Trinajstić information content (AvgIpc) is 3.34. The van der Waals surface area contributed by atoms with E-state index in [-0.39, 0.29) is 17.4 Å². The van der Waals surface area contributed by atoms with E-state index < -0.39 is 11.4 Å². The van der Waals surface area contributed by atoms with Crippen molar-refractivity contribution >= 4 is 46.8 Å². The van der Waals surface area contributed by atoms with Gasteiger partial charge in [0, 0.05) is 51.1 Å². The van der Waals surface area contributed by atoms with Gasteiger partial charge in [-0.05, 0) is 62.7 Å². The van der Waals surface area contributed by atoms with Crippen LogP contribution in [0.1, 0.15) is 47.2 Å². The third-order valence-corrected chi connectivity index (χ3v) is 8.64. The first-order chi connectivity index (χ1) is 19.8. The fourth-order valence-electron chi connectivity index (χ4n) is 4.60. The molecule has 9 nitrogen and oxygen atoms in total. The van der Waals surface area contributed by atoms with Gasteiger partial charge in [-0.15, -0.1) is 11.8 Å². The summed E-state index contributed by atoms with van der Waals surface area (Å²) in [6.45, 7) is 5.90. The van der Waals surface area contributed by atoms with Crippen LogP contribution in [0.25, 0.3) is 28.2 Å². The largest absolute Gasteiger partial charge is 0.496 e. The topological polar surface area (TPSA) is 113 Å². The van der Waals surface area contributed by atoms with Crippen molar-refractivity contribution in [2.75, 3.05) is 21.3 Å². The molecule has 2 aromatic heterocycles. The van der Waals surface area contributed by atoms with Gasteiger partial charge in [0.15, 0.2) is 5.69 Å². The summed E-state index contributed by atoms with van der Waals surface area (Å²) in [6.07, 6.45) is 0. The molecule has 0 saturated carbocycles. The van der Waals surface area contributed by atoms with Crippen LogP contribution in [0.5, 0.6) is 11.6 Å². The molecular formula is C30H29Cl2N5O4S. The fourth-order valence-corrected chi connectivity index (χ4v) is 6.25.